The number of amides is 1. The monoisotopic (exact) mass is 431 g/mol. The summed E-state index contributed by atoms with van der Waals surface area (Å²) in [6.45, 7) is 6.31. The number of nitrogens with one attached hydrogen (secondary N) is 2. The molecule has 8 nitrogen and oxygen atoms in total. The third kappa shape index (κ3) is 8.05. The number of carbonyl (C=O) groups excluding carboxylic acids is 3. The molecule has 170 valence electrons. The van der Waals surface area contributed by atoms with Crippen molar-refractivity contribution in [3.8, 4) is 0 Å². The number of ether oxygens (including phenoxy) is 2. The van der Waals surface area contributed by atoms with Gasteiger partial charge in [-0.05, 0) is 43.2 Å². The van der Waals surface area contributed by atoms with E-state index in [0.717, 1.165) is 23.0 Å². The molecule has 2 aromatic rings. The van der Waals surface area contributed by atoms with E-state index in [1.807, 2.05) is 44.2 Å². The van der Waals surface area contributed by atoms with Crippen LogP contribution in [0.4, 0.5) is 0 Å². The summed E-state index contributed by atoms with van der Waals surface area (Å²) in [5.41, 5.74) is 7.52. The number of aromatic amines is 1. The summed E-state index contributed by atoms with van der Waals surface area (Å²) in [5, 5.41) is 3.76. The zero-order chi connectivity index (χ0) is 22.8. The number of esters is 2. The number of benzene rings is 1. The van der Waals surface area contributed by atoms with Gasteiger partial charge in [-0.15, -0.1) is 0 Å². The first-order valence-electron chi connectivity index (χ1n) is 10.7. The predicted molar refractivity (Wildman–Crippen MR) is 118 cm³/mol. The van der Waals surface area contributed by atoms with E-state index in [4.69, 9.17) is 15.2 Å². The van der Waals surface area contributed by atoms with E-state index in [2.05, 4.69) is 10.3 Å². The molecule has 0 aliphatic heterocycles. The van der Waals surface area contributed by atoms with Crippen molar-refractivity contribution in [1.82, 2.24) is 10.3 Å². The normalized spacial score (nSPS) is 13.1. The fourth-order valence-corrected chi connectivity index (χ4v) is 3.07. The average molecular weight is 432 g/mol. The highest BCUT2D eigenvalue weighted by Crippen LogP contribution is 2.16. The van der Waals surface area contributed by atoms with Gasteiger partial charge >= 0.3 is 11.9 Å². The molecular weight excluding hydrogens is 398 g/mol. The number of hydrogen-bond acceptors (Lipinski definition) is 6. The van der Waals surface area contributed by atoms with E-state index in [1.165, 1.54) is 0 Å². The maximum absolute atomic E-state index is 12.7. The van der Waals surface area contributed by atoms with E-state index < -0.39 is 24.0 Å². The Morgan fingerprint density at radius 2 is 1.84 bits per heavy atom. The smallest absolute Gasteiger partial charge is 0.329 e. The largest absolute Gasteiger partial charge is 0.465 e. The van der Waals surface area contributed by atoms with E-state index in [9.17, 15) is 14.4 Å². The zero-order valence-corrected chi connectivity index (χ0v) is 18.5. The third-order valence-electron chi connectivity index (χ3n) is 4.84. The summed E-state index contributed by atoms with van der Waals surface area (Å²) in [7, 11) is 0. The first kappa shape index (κ1) is 24.4. The van der Waals surface area contributed by atoms with Gasteiger partial charge in [0.25, 0.3) is 0 Å². The van der Waals surface area contributed by atoms with Gasteiger partial charge < -0.3 is 25.5 Å². The van der Waals surface area contributed by atoms with Crippen LogP contribution in [-0.4, -0.2) is 48.1 Å². The Balaban J connectivity index is 2.01. The van der Waals surface area contributed by atoms with E-state index in [0.29, 0.717) is 12.5 Å². The molecule has 0 bridgehead atoms. The molecule has 0 fully saturated rings. The molecule has 1 heterocycles. The minimum Gasteiger partial charge on any atom is -0.465 e. The summed E-state index contributed by atoms with van der Waals surface area (Å²) in [5.74, 6) is -0.999. The van der Waals surface area contributed by atoms with Crippen LogP contribution in [0.2, 0.25) is 0 Å². The minimum atomic E-state index is -0.879. The minimum absolute atomic E-state index is 0.00244. The van der Waals surface area contributed by atoms with Crippen LogP contribution >= 0.6 is 0 Å². The van der Waals surface area contributed by atoms with Gasteiger partial charge in [0.05, 0.1) is 13.2 Å². The van der Waals surface area contributed by atoms with Crippen molar-refractivity contribution in [3.05, 3.63) is 36.0 Å². The molecule has 1 aromatic heterocycles. The Kier molecular flexibility index (Phi) is 9.52. The van der Waals surface area contributed by atoms with Gasteiger partial charge in [0.2, 0.25) is 5.91 Å². The standard InChI is InChI=1S/C23H33N3O5/c1-4-30-22(28)18(24)9-10-21(27)26-20(23(29)31-12-11-15(2)3)14-17-13-16-7-5-6-8-19(16)25-17/h5-8,13,15,18,20,25H,4,9-12,14,24H2,1-3H3,(H,26,27)/t18-,20-/m1/s1. The molecule has 0 aliphatic carbocycles. The van der Waals surface area contributed by atoms with E-state index >= 15 is 0 Å². The maximum atomic E-state index is 12.7. The summed E-state index contributed by atoms with van der Waals surface area (Å²) >= 11 is 0. The van der Waals surface area contributed by atoms with E-state index in [1.54, 1.807) is 6.92 Å². The Morgan fingerprint density at radius 3 is 2.52 bits per heavy atom. The molecule has 2 atom stereocenters. The topological polar surface area (TPSA) is 124 Å². The highest BCUT2D eigenvalue weighted by molar-refractivity contribution is 5.86. The highest BCUT2D eigenvalue weighted by atomic mass is 16.5. The number of aromatic nitrogens is 1. The first-order chi connectivity index (χ1) is 14.8. The Bertz CT molecular complexity index is 844. The molecule has 0 spiro atoms. The van der Waals surface area contributed by atoms with Crippen LogP contribution in [0.25, 0.3) is 10.9 Å². The molecule has 1 amide bonds. The lowest BCUT2D eigenvalue weighted by molar-refractivity contribution is -0.148. The molecule has 2 rings (SSSR count). The Hall–Kier alpha value is -2.87. The number of hydrogen-bond donors (Lipinski definition) is 3. The summed E-state index contributed by atoms with van der Waals surface area (Å²) in [6, 6.07) is 8.01. The van der Waals surface area contributed by atoms with E-state index in [-0.39, 0.29) is 31.8 Å². The van der Waals surface area contributed by atoms with Crippen molar-refractivity contribution in [1.29, 1.82) is 0 Å². The molecule has 8 heteroatoms. The molecule has 0 unspecified atom stereocenters. The molecule has 0 saturated heterocycles. The Labute approximate surface area is 182 Å². The number of H-pyrrole nitrogens is 1. The molecule has 1 aromatic carbocycles. The summed E-state index contributed by atoms with van der Waals surface area (Å²) in [6.07, 6.45) is 1.15. The third-order valence-corrected chi connectivity index (χ3v) is 4.84. The average Bonchev–Trinajstić information content (AvgIpc) is 3.13. The number of para-hydroxylation sites is 1. The van der Waals surface area contributed by atoms with Gasteiger partial charge in [-0.2, -0.15) is 0 Å². The SMILES string of the molecule is CCOC(=O)[C@H](N)CCC(=O)N[C@H](Cc1cc2ccccc2[nH]1)C(=O)OCCC(C)C. The van der Waals surface area contributed by atoms with Crippen LogP contribution in [0.3, 0.4) is 0 Å². The molecule has 0 saturated carbocycles. The van der Waals surface area contributed by atoms with Crippen molar-refractivity contribution >= 4 is 28.7 Å². The maximum Gasteiger partial charge on any atom is 0.329 e. The fraction of sp³-hybridized carbons (Fsp3) is 0.522. The van der Waals surface area contributed by atoms with Gasteiger partial charge in [-0.1, -0.05) is 32.0 Å². The van der Waals surface area contributed by atoms with Gasteiger partial charge in [-0.3, -0.25) is 9.59 Å². The number of carbonyl (C=O) groups is 3. The zero-order valence-electron chi connectivity index (χ0n) is 18.5. The van der Waals surface area contributed by atoms with Gasteiger partial charge in [0.15, 0.2) is 0 Å². The van der Waals surface area contributed by atoms with Crippen LogP contribution < -0.4 is 11.1 Å². The predicted octanol–water partition coefficient (Wildman–Crippen LogP) is 2.46. The number of fused-ring (bicyclic) bond motifs is 1. The first-order valence-corrected chi connectivity index (χ1v) is 10.7. The molecule has 4 N–H and O–H groups in total. The lowest BCUT2D eigenvalue weighted by atomic mass is 10.1. The highest BCUT2D eigenvalue weighted by Gasteiger charge is 2.25. The molecule has 31 heavy (non-hydrogen) atoms. The van der Waals surface area contributed by atoms with Crippen LogP contribution in [0.1, 0.15) is 45.7 Å². The van der Waals surface area contributed by atoms with Crippen molar-refractivity contribution in [2.75, 3.05) is 13.2 Å². The second-order valence-corrected chi connectivity index (χ2v) is 7.95. The second kappa shape index (κ2) is 12.1. The number of nitrogens with two attached hydrogens (primary N) is 1. The van der Waals surface area contributed by atoms with Crippen molar-refractivity contribution in [2.45, 2.75) is 58.5 Å². The lowest BCUT2D eigenvalue weighted by Crippen LogP contribution is -2.44. The van der Waals surface area contributed by atoms with Crippen LogP contribution in [0.15, 0.2) is 30.3 Å². The van der Waals surface area contributed by atoms with Crippen molar-refractivity contribution < 1.29 is 23.9 Å². The fourth-order valence-electron chi connectivity index (χ4n) is 3.07. The second-order valence-electron chi connectivity index (χ2n) is 7.95. The molecular formula is C23H33N3O5. The molecule has 0 radical (unpaired) electrons. The van der Waals surface area contributed by atoms with Crippen molar-refractivity contribution in [2.24, 2.45) is 11.7 Å². The van der Waals surface area contributed by atoms with Crippen molar-refractivity contribution in [3.63, 3.8) is 0 Å². The Morgan fingerprint density at radius 1 is 1.10 bits per heavy atom. The summed E-state index contributed by atoms with van der Waals surface area (Å²) < 4.78 is 10.2. The van der Waals surface area contributed by atoms with Gasteiger partial charge in [0.1, 0.15) is 12.1 Å². The lowest BCUT2D eigenvalue weighted by Gasteiger charge is -2.18. The van der Waals surface area contributed by atoms with Crippen LogP contribution in [0.5, 0.6) is 0 Å². The quantitative estimate of drug-likeness (QED) is 0.444. The molecule has 0 aliphatic rings. The summed E-state index contributed by atoms with van der Waals surface area (Å²) in [4.78, 5) is 40.0. The van der Waals surface area contributed by atoms with Crippen LogP contribution in [-0.2, 0) is 30.3 Å². The van der Waals surface area contributed by atoms with Crippen LogP contribution in [0, 0.1) is 5.92 Å². The number of rotatable bonds is 12. The van der Waals surface area contributed by atoms with Gasteiger partial charge in [0, 0.05) is 24.1 Å². The van der Waals surface area contributed by atoms with Gasteiger partial charge in [-0.25, -0.2) is 4.79 Å².